The van der Waals surface area contributed by atoms with Gasteiger partial charge in [-0.1, -0.05) is 17.7 Å². The van der Waals surface area contributed by atoms with Gasteiger partial charge in [-0.3, -0.25) is 4.68 Å². The highest BCUT2D eigenvalue weighted by atomic mass is 35.5. The van der Waals surface area contributed by atoms with Gasteiger partial charge in [-0.25, -0.2) is 13.6 Å². The topological polar surface area (TPSA) is 55.1 Å². The number of carboxylic acid groups (broad SMARTS) is 1. The first-order valence-corrected chi connectivity index (χ1v) is 5.63. The quantitative estimate of drug-likeness (QED) is 0.941. The van der Waals surface area contributed by atoms with Gasteiger partial charge in [0.05, 0.1) is 5.69 Å². The van der Waals surface area contributed by atoms with E-state index in [2.05, 4.69) is 5.10 Å². The SMILES string of the molecule is Cn1nc(C(=O)O)cc1-c1cc(Cl)ccc1C(F)F. The molecule has 0 saturated carbocycles. The Kier molecular flexibility index (Phi) is 3.53. The van der Waals surface area contributed by atoms with Crippen LogP contribution in [0.3, 0.4) is 0 Å². The molecule has 1 aromatic carbocycles. The van der Waals surface area contributed by atoms with Crippen LogP contribution >= 0.6 is 11.6 Å². The van der Waals surface area contributed by atoms with Crippen LogP contribution in [0.2, 0.25) is 5.02 Å². The molecule has 4 nitrogen and oxygen atoms in total. The van der Waals surface area contributed by atoms with E-state index in [-0.39, 0.29) is 27.5 Å². The molecular weight excluding hydrogens is 278 g/mol. The third-order valence-corrected chi connectivity index (χ3v) is 2.86. The lowest BCUT2D eigenvalue weighted by Gasteiger charge is -2.09. The molecule has 0 aliphatic carbocycles. The number of carboxylic acids is 1. The highest BCUT2D eigenvalue weighted by Crippen LogP contribution is 2.33. The van der Waals surface area contributed by atoms with Crippen LogP contribution in [0.1, 0.15) is 22.5 Å². The van der Waals surface area contributed by atoms with Crippen LogP contribution in [0.4, 0.5) is 8.78 Å². The van der Waals surface area contributed by atoms with Gasteiger partial charge in [-0.15, -0.1) is 0 Å². The zero-order valence-corrected chi connectivity index (χ0v) is 10.5. The molecular formula is C12H9ClF2N2O2. The predicted molar refractivity (Wildman–Crippen MR) is 65.6 cm³/mol. The summed E-state index contributed by atoms with van der Waals surface area (Å²) in [6.07, 6.45) is -2.68. The van der Waals surface area contributed by atoms with E-state index in [4.69, 9.17) is 16.7 Å². The molecule has 0 aliphatic rings. The lowest BCUT2D eigenvalue weighted by atomic mass is 10.0. The summed E-state index contributed by atoms with van der Waals surface area (Å²) in [5, 5.41) is 12.9. The standard InChI is InChI=1S/C12H9ClF2N2O2/c1-17-10(5-9(16-17)12(18)19)8-4-6(13)2-3-7(8)11(14)15/h2-5,11H,1H3,(H,18,19). The smallest absolute Gasteiger partial charge is 0.356 e. The number of alkyl halides is 2. The van der Waals surface area contributed by atoms with Crippen LogP contribution < -0.4 is 0 Å². The lowest BCUT2D eigenvalue weighted by Crippen LogP contribution is -2.00. The van der Waals surface area contributed by atoms with Crippen molar-refractivity contribution in [3.63, 3.8) is 0 Å². The van der Waals surface area contributed by atoms with Crippen molar-refractivity contribution in [2.75, 3.05) is 0 Å². The van der Waals surface area contributed by atoms with E-state index in [1.54, 1.807) is 0 Å². The van der Waals surface area contributed by atoms with E-state index in [1.165, 1.54) is 36.0 Å². The minimum atomic E-state index is -2.68. The average Bonchev–Trinajstić information content (AvgIpc) is 2.71. The number of aryl methyl sites for hydroxylation is 1. The minimum absolute atomic E-state index is 0.171. The first-order chi connectivity index (χ1) is 8.90. The van der Waals surface area contributed by atoms with Crippen LogP contribution in [-0.2, 0) is 7.05 Å². The Morgan fingerprint density at radius 1 is 1.42 bits per heavy atom. The molecule has 2 rings (SSSR count). The van der Waals surface area contributed by atoms with Crippen molar-refractivity contribution in [1.29, 1.82) is 0 Å². The molecule has 0 unspecified atom stereocenters. The van der Waals surface area contributed by atoms with Crippen LogP contribution in [0.15, 0.2) is 24.3 Å². The zero-order valence-electron chi connectivity index (χ0n) is 9.77. The summed E-state index contributed by atoms with van der Waals surface area (Å²) in [6.45, 7) is 0. The fourth-order valence-corrected chi connectivity index (χ4v) is 1.94. The number of carbonyl (C=O) groups is 1. The Labute approximate surface area is 112 Å². The van der Waals surface area contributed by atoms with Crippen LogP contribution in [-0.4, -0.2) is 20.9 Å². The van der Waals surface area contributed by atoms with Crippen molar-refractivity contribution in [2.45, 2.75) is 6.43 Å². The molecule has 1 heterocycles. The Bertz CT molecular complexity index is 641. The van der Waals surface area contributed by atoms with E-state index in [0.717, 1.165) is 0 Å². The molecule has 0 saturated heterocycles. The third kappa shape index (κ3) is 2.58. The molecule has 1 aromatic heterocycles. The second kappa shape index (κ2) is 4.97. The molecule has 0 aliphatic heterocycles. The number of nitrogens with zero attached hydrogens (tertiary/aromatic N) is 2. The lowest BCUT2D eigenvalue weighted by molar-refractivity contribution is 0.0689. The summed E-state index contributed by atoms with van der Waals surface area (Å²) in [7, 11) is 1.48. The van der Waals surface area contributed by atoms with E-state index in [0.29, 0.717) is 0 Å². The van der Waals surface area contributed by atoms with Crippen LogP contribution in [0, 0.1) is 0 Å². The molecule has 7 heteroatoms. The van der Waals surface area contributed by atoms with Crippen LogP contribution in [0.25, 0.3) is 11.3 Å². The largest absolute Gasteiger partial charge is 0.476 e. The molecule has 1 N–H and O–H groups in total. The van der Waals surface area contributed by atoms with Crippen molar-refractivity contribution in [3.8, 4) is 11.3 Å². The second-order valence-electron chi connectivity index (χ2n) is 3.88. The number of halogens is 3. The number of hydrogen-bond acceptors (Lipinski definition) is 2. The molecule has 0 amide bonds. The van der Waals surface area contributed by atoms with Gasteiger partial charge in [-0.05, 0) is 18.2 Å². The summed E-state index contributed by atoms with van der Waals surface area (Å²) >= 11 is 5.80. The monoisotopic (exact) mass is 286 g/mol. The van der Waals surface area contributed by atoms with Crippen molar-refractivity contribution in [1.82, 2.24) is 9.78 Å². The van der Waals surface area contributed by atoms with Crippen molar-refractivity contribution in [3.05, 3.63) is 40.5 Å². The summed E-state index contributed by atoms with van der Waals surface area (Å²) < 4.78 is 27.1. The summed E-state index contributed by atoms with van der Waals surface area (Å²) in [5.74, 6) is -1.22. The normalized spacial score (nSPS) is 11.0. The molecule has 2 aromatic rings. The predicted octanol–water partition coefficient (Wildman–Crippen LogP) is 3.38. The van der Waals surface area contributed by atoms with E-state index in [1.807, 2.05) is 0 Å². The highest BCUT2D eigenvalue weighted by Gasteiger charge is 2.19. The van der Waals surface area contributed by atoms with E-state index in [9.17, 15) is 13.6 Å². The fourth-order valence-electron chi connectivity index (χ4n) is 1.76. The van der Waals surface area contributed by atoms with Gasteiger partial charge in [0.25, 0.3) is 6.43 Å². The number of aromatic carboxylic acids is 1. The molecule has 100 valence electrons. The van der Waals surface area contributed by atoms with Gasteiger partial charge in [0.1, 0.15) is 0 Å². The molecule has 0 radical (unpaired) electrons. The maximum atomic E-state index is 13.0. The molecule has 0 bridgehead atoms. The van der Waals surface area contributed by atoms with Gasteiger partial charge < -0.3 is 5.11 Å². The molecule has 0 atom stereocenters. The van der Waals surface area contributed by atoms with Crippen molar-refractivity contribution < 1.29 is 18.7 Å². The summed E-state index contributed by atoms with van der Waals surface area (Å²) in [5.41, 5.74) is 0.0160. The number of rotatable bonds is 3. The second-order valence-corrected chi connectivity index (χ2v) is 4.31. The molecule has 19 heavy (non-hydrogen) atoms. The maximum absolute atomic E-state index is 13.0. The van der Waals surface area contributed by atoms with Crippen molar-refractivity contribution >= 4 is 17.6 Å². The number of aromatic nitrogens is 2. The molecule has 0 spiro atoms. The fraction of sp³-hybridized carbons (Fsp3) is 0.167. The maximum Gasteiger partial charge on any atom is 0.356 e. The first-order valence-electron chi connectivity index (χ1n) is 5.25. The number of hydrogen-bond donors (Lipinski definition) is 1. The van der Waals surface area contributed by atoms with Crippen LogP contribution in [0.5, 0.6) is 0 Å². The Hall–Kier alpha value is -1.95. The summed E-state index contributed by atoms with van der Waals surface area (Å²) in [6, 6.07) is 5.18. The Balaban J connectivity index is 2.64. The zero-order chi connectivity index (χ0) is 14.2. The van der Waals surface area contributed by atoms with Gasteiger partial charge >= 0.3 is 5.97 Å². The number of benzene rings is 1. The first kappa shape index (κ1) is 13.5. The Morgan fingerprint density at radius 3 is 2.63 bits per heavy atom. The van der Waals surface area contributed by atoms with E-state index >= 15 is 0 Å². The van der Waals surface area contributed by atoms with Gasteiger partial charge in [0, 0.05) is 23.2 Å². The van der Waals surface area contributed by atoms with Gasteiger partial charge in [0.15, 0.2) is 5.69 Å². The Morgan fingerprint density at radius 2 is 2.11 bits per heavy atom. The minimum Gasteiger partial charge on any atom is -0.476 e. The average molecular weight is 287 g/mol. The van der Waals surface area contributed by atoms with E-state index < -0.39 is 12.4 Å². The van der Waals surface area contributed by atoms with Gasteiger partial charge in [-0.2, -0.15) is 5.10 Å². The van der Waals surface area contributed by atoms with Crippen molar-refractivity contribution in [2.24, 2.45) is 7.05 Å². The van der Waals surface area contributed by atoms with Gasteiger partial charge in [0.2, 0.25) is 0 Å². The summed E-state index contributed by atoms with van der Waals surface area (Å²) in [4.78, 5) is 10.8. The highest BCUT2D eigenvalue weighted by molar-refractivity contribution is 6.30. The third-order valence-electron chi connectivity index (χ3n) is 2.63. The molecule has 0 fully saturated rings.